The first kappa shape index (κ1) is 15.9. The van der Waals surface area contributed by atoms with Crippen LogP contribution in [0, 0.1) is 11.3 Å². The van der Waals surface area contributed by atoms with Crippen LogP contribution in [0.5, 0.6) is 0 Å². The van der Waals surface area contributed by atoms with E-state index in [4.69, 9.17) is 10.8 Å². The molecule has 0 saturated carbocycles. The minimum Gasteiger partial charge on any atom is -0.481 e. The van der Waals surface area contributed by atoms with Gasteiger partial charge < -0.3 is 16.2 Å². The van der Waals surface area contributed by atoms with Crippen molar-refractivity contribution < 1.29 is 14.7 Å². The Kier molecular flexibility index (Phi) is 6.80. The number of amides is 1. The average Bonchev–Trinajstić information content (AvgIpc) is 2.20. The van der Waals surface area contributed by atoms with Gasteiger partial charge in [0.15, 0.2) is 0 Å². The van der Waals surface area contributed by atoms with Crippen molar-refractivity contribution in [3.63, 3.8) is 0 Å². The van der Waals surface area contributed by atoms with E-state index in [1.54, 1.807) is 0 Å². The van der Waals surface area contributed by atoms with Crippen molar-refractivity contribution in [1.82, 2.24) is 5.32 Å². The second kappa shape index (κ2) is 7.27. The fraction of sp³-hybridized carbons (Fsp3) is 0.833. The highest BCUT2D eigenvalue weighted by Crippen LogP contribution is 2.32. The van der Waals surface area contributed by atoms with E-state index in [0.717, 1.165) is 6.42 Å². The van der Waals surface area contributed by atoms with E-state index < -0.39 is 5.97 Å². The summed E-state index contributed by atoms with van der Waals surface area (Å²) in [6.45, 7) is 6.81. The first-order chi connectivity index (χ1) is 7.77. The molecule has 100 valence electrons. The third-order valence-electron chi connectivity index (χ3n) is 2.93. The zero-order valence-corrected chi connectivity index (χ0v) is 11.0. The Labute approximate surface area is 103 Å². The number of carboxylic acid groups (broad SMARTS) is 1. The smallest absolute Gasteiger partial charge is 0.303 e. The molecule has 1 unspecified atom stereocenters. The molecule has 0 aliphatic rings. The van der Waals surface area contributed by atoms with Gasteiger partial charge in [0.25, 0.3) is 0 Å². The minimum atomic E-state index is -0.773. The van der Waals surface area contributed by atoms with Gasteiger partial charge in [0, 0.05) is 13.0 Å². The highest BCUT2D eigenvalue weighted by atomic mass is 16.4. The predicted molar refractivity (Wildman–Crippen MR) is 66.5 cm³/mol. The molecule has 0 aromatic heterocycles. The standard InChI is InChI=1S/C12H24N2O3/c1-12(2,3)9(4-5-11(16)17)6-7-14-10(15)8-13/h9H,4-8,13H2,1-3H3,(H,14,15)(H,16,17). The first-order valence-corrected chi connectivity index (χ1v) is 5.96. The summed E-state index contributed by atoms with van der Waals surface area (Å²) < 4.78 is 0. The summed E-state index contributed by atoms with van der Waals surface area (Å²) in [7, 11) is 0. The molecular formula is C12H24N2O3. The van der Waals surface area contributed by atoms with Gasteiger partial charge >= 0.3 is 5.97 Å². The fourth-order valence-electron chi connectivity index (χ4n) is 1.77. The Hall–Kier alpha value is -1.10. The van der Waals surface area contributed by atoms with E-state index in [9.17, 15) is 9.59 Å². The molecule has 0 rings (SSSR count). The van der Waals surface area contributed by atoms with Crippen LogP contribution in [0.3, 0.4) is 0 Å². The maximum Gasteiger partial charge on any atom is 0.303 e. The molecular weight excluding hydrogens is 220 g/mol. The van der Waals surface area contributed by atoms with Gasteiger partial charge in [-0.15, -0.1) is 0 Å². The van der Waals surface area contributed by atoms with Crippen molar-refractivity contribution in [2.45, 2.75) is 40.0 Å². The number of aliphatic carboxylic acids is 1. The molecule has 0 radical (unpaired) electrons. The molecule has 0 saturated heterocycles. The Morgan fingerprint density at radius 1 is 1.29 bits per heavy atom. The van der Waals surface area contributed by atoms with Gasteiger partial charge in [0.05, 0.1) is 6.54 Å². The molecule has 5 heteroatoms. The maximum absolute atomic E-state index is 11.0. The van der Waals surface area contributed by atoms with Gasteiger partial charge in [-0.1, -0.05) is 20.8 Å². The molecule has 0 spiro atoms. The number of nitrogens with one attached hydrogen (secondary N) is 1. The van der Waals surface area contributed by atoms with Crippen LogP contribution in [-0.2, 0) is 9.59 Å². The molecule has 1 amide bonds. The summed E-state index contributed by atoms with van der Waals surface area (Å²) in [5.41, 5.74) is 5.23. The lowest BCUT2D eigenvalue weighted by Crippen LogP contribution is -2.33. The number of hydrogen-bond acceptors (Lipinski definition) is 3. The Morgan fingerprint density at radius 2 is 1.88 bits per heavy atom. The monoisotopic (exact) mass is 244 g/mol. The van der Waals surface area contributed by atoms with Gasteiger partial charge in [-0.05, 0) is 24.2 Å². The van der Waals surface area contributed by atoms with Gasteiger partial charge in [0.2, 0.25) is 5.91 Å². The fourth-order valence-corrected chi connectivity index (χ4v) is 1.77. The van der Waals surface area contributed by atoms with E-state index in [1.807, 2.05) is 0 Å². The summed E-state index contributed by atoms with van der Waals surface area (Å²) in [5, 5.41) is 11.4. The zero-order chi connectivity index (χ0) is 13.5. The van der Waals surface area contributed by atoms with E-state index >= 15 is 0 Å². The van der Waals surface area contributed by atoms with Crippen molar-refractivity contribution in [1.29, 1.82) is 0 Å². The lowest BCUT2D eigenvalue weighted by atomic mass is 9.76. The van der Waals surface area contributed by atoms with Gasteiger partial charge in [-0.3, -0.25) is 9.59 Å². The largest absolute Gasteiger partial charge is 0.481 e. The molecule has 0 aliphatic carbocycles. The third kappa shape index (κ3) is 7.74. The molecule has 0 fully saturated rings. The third-order valence-corrected chi connectivity index (χ3v) is 2.93. The van der Waals surface area contributed by atoms with Crippen molar-refractivity contribution in [2.75, 3.05) is 13.1 Å². The van der Waals surface area contributed by atoms with Crippen LogP contribution in [0.4, 0.5) is 0 Å². The van der Waals surface area contributed by atoms with Crippen molar-refractivity contribution in [3.05, 3.63) is 0 Å². The van der Waals surface area contributed by atoms with E-state index in [0.29, 0.717) is 13.0 Å². The minimum absolute atomic E-state index is 0.00465. The van der Waals surface area contributed by atoms with Crippen molar-refractivity contribution in [2.24, 2.45) is 17.1 Å². The van der Waals surface area contributed by atoms with Gasteiger partial charge in [-0.25, -0.2) is 0 Å². The maximum atomic E-state index is 11.0. The Bertz CT molecular complexity index is 259. The van der Waals surface area contributed by atoms with Gasteiger partial charge in [-0.2, -0.15) is 0 Å². The highest BCUT2D eigenvalue weighted by molar-refractivity contribution is 5.77. The summed E-state index contributed by atoms with van der Waals surface area (Å²) in [6, 6.07) is 0. The second-order valence-corrected chi connectivity index (χ2v) is 5.34. The number of carbonyl (C=O) groups excluding carboxylic acids is 1. The number of carboxylic acids is 1. The van der Waals surface area contributed by atoms with Gasteiger partial charge in [0.1, 0.15) is 0 Å². The van der Waals surface area contributed by atoms with E-state index in [2.05, 4.69) is 26.1 Å². The van der Waals surface area contributed by atoms with Crippen LogP contribution in [0.25, 0.3) is 0 Å². The average molecular weight is 244 g/mol. The SMILES string of the molecule is CC(C)(C)C(CCNC(=O)CN)CCC(=O)O. The van der Waals surface area contributed by atoms with Crippen LogP contribution >= 0.6 is 0 Å². The lowest BCUT2D eigenvalue weighted by Gasteiger charge is -2.30. The molecule has 0 aromatic carbocycles. The highest BCUT2D eigenvalue weighted by Gasteiger charge is 2.24. The molecule has 5 nitrogen and oxygen atoms in total. The topological polar surface area (TPSA) is 92.4 Å². The van der Waals surface area contributed by atoms with Crippen LogP contribution in [0.15, 0.2) is 0 Å². The summed E-state index contributed by atoms with van der Waals surface area (Å²) in [4.78, 5) is 21.6. The molecule has 17 heavy (non-hydrogen) atoms. The number of nitrogens with two attached hydrogens (primary N) is 1. The Balaban J connectivity index is 4.12. The number of carbonyl (C=O) groups is 2. The molecule has 1 atom stereocenters. The van der Waals surface area contributed by atoms with Crippen molar-refractivity contribution in [3.8, 4) is 0 Å². The Morgan fingerprint density at radius 3 is 2.29 bits per heavy atom. The lowest BCUT2D eigenvalue weighted by molar-refractivity contribution is -0.137. The normalized spacial score (nSPS) is 13.2. The van der Waals surface area contributed by atoms with Crippen LogP contribution in [0.1, 0.15) is 40.0 Å². The van der Waals surface area contributed by atoms with Crippen LogP contribution in [0.2, 0.25) is 0 Å². The molecule has 0 aromatic rings. The van der Waals surface area contributed by atoms with Crippen molar-refractivity contribution >= 4 is 11.9 Å². The molecule has 0 bridgehead atoms. The van der Waals surface area contributed by atoms with Crippen LogP contribution in [-0.4, -0.2) is 30.1 Å². The number of hydrogen-bond donors (Lipinski definition) is 3. The molecule has 0 heterocycles. The van der Waals surface area contributed by atoms with Crippen LogP contribution < -0.4 is 11.1 Å². The van der Waals surface area contributed by atoms with E-state index in [-0.39, 0.29) is 30.2 Å². The molecule has 0 aliphatic heterocycles. The zero-order valence-electron chi connectivity index (χ0n) is 11.0. The first-order valence-electron chi connectivity index (χ1n) is 5.96. The summed E-state index contributed by atoms with van der Waals surface area (Å²) in [6.07, 6.45) is 1.59. The predicted octanol–water partition coefficient (Wildman–Crippen LogP) is 0.979. The second-order valence-electron chi connectivity index (χ2n) is 5.34. The quantitative estimate of drug-likeness (QED) is 0.622. The molecule has 4 N–H and O–H groups in total. The summed E-state index contributed by atoms with van der Waals surface area (Å²) in [5.74, 6) is -0.669. The van der Waals surface area contributed by atoms with E-state index in [1.165, 1.54) is 0 Å². The number of rotatable bonds is 7. The summed E-state index contributed by atoms with van der Waals surface area (Å²) >= 11 is 0.